The molecule has 1 aromatic heterocycles. The number of carbonyl (C=O) groups excluding carboxylic acids is 1. The van der Waals surface area contributed by atoms with E-state index in [1.54, 1.807) is 31.2 Å². The first kappa shape index (κ1) is 20.2. The number of ether oxygens (including phenoxy) is 1. The van der Waals surface area contributed by atoms with Gasteiger partial charge in [0.1, 0.15) is 5.75 Å². The number of rotatable bonds is 7. The molecule has 0 spiro atoms. The Balaban J connectivity index is 1.53. The number of aromatic nitrogens is 2. The maximum absolute atomic E-state index is 12.4. The fourth-order valence-electron chi connectivity index (χ4n) is 2.41. The quantitative estimate of drug-likeness (QED) is 0.543. The highest BCUT2D eigenvalue weighted by Gasteiger charge is 2.19. The van der Waals surface area contributed by atoms with Crippen molar-refractivity contribution in [2.75, 3.05) is 5.32 Å². The number of halogens is 1. The van der Waals surface area contributed by atoms with Crippen molar-refractivity contribution >= 4 is 35.0 Å². The summed E-state index contributed by atoms with van der Waals surface area (Å²) in [6, 6.07) is 12.9. The molecule has 8 heteroatoms. The zero-order valence-corrected chi connectivity index (χ0v) is 17.3. The SMILES string of the molecule is Cc1ccc(NC(=O)[C@@H](C)Sc2nnc(COc3ccc(Cl)cc3)o2)c(C)c1. The Bertz CT molecular complexity index is 960. The van der Waals surface area contributed by atoms with Gasteiger partial charge >= 0.3 is 0 Å². The van der Waals surface area contributed by atoms with Gasteiger partial charge in [-0.1, -0.05) is 41.1 Å². The number of thioether (sulfide) groups is 1. The van der Waals surface area contributed by atoms with Crippen LogP contribution in [0.1, 0.15) is 23.9 Å². The van der Waals surface area contributed by atoms with E-state index >= 15 is 0 Å². The zero-order valence-electron chi connectivity index (χ0n) is 15.7. The smallest absolute Gasteiger partial charge is 0.277 e. The van der Waals surface area contributed by atoms with E-state index in [4.69, 9.17) is 20.8 Å². The maximum atomic E-state index is 12.4. The molecule has 28 heavy (non-hydrogen) atoms. The van der Waals surface area contributed by atoms with Crippen molar-refractivity contribution in [1.29, 1.82) is 0 Å². The number of hydrogen-bond acceptors (Lipinski definition) is 6. The van der Waals surface area contributed by atoms with Gasteiger partial charge in [-0.2, -0.15) is 0 Å². The Morgan fingerprint density at radius 1 is 1.21 bits per heavy atom. The molecule has 2 aromatic carbocycles. The minimum atomic E-state index is -0.397. The van der Waals surface area contributed by atoms with E-state index in [9.17, 15) is 4.79 Å². The normalized spacial score (nSPS) is 11.9. The van der Waals surface area contributed by atoms with E-state index in [-0.39, 0.29) is 12.5 Å². The summed E-state index contributed by atoms with van der Waals surface area (Å²) >= 11 is 7.04. The molecule has 1 heterocycles. The number of carbonyl (C=O) groups is 1. The van der Waals surface area contributed by atoms with Gasteiger partial charge in [0.2, 0.25) is 5.91 Å². The Morgan fingerprint density at radius 3 is 2.68 bits per heavy atom. The molecule has 0 saturated heterocycles. The third-order valence-electron chi connectivity index (χ3n) is 3.91. The number of anilines is 1. The highest BCUT2D eigenvalue weighted by Crippen LogP contribution is 2.24. The van der Waals surface area contributed by atoms with Crippen molar-refractivity contribution in [3.8, 4) is 5.75 Å². The number of hydrogen-bond donors (Lipinski definition) is 1. The van der Waals surface area contributed by atoms with Gasteiger partial charge < -0.3 is 14.5 Å². The van der Waals surface area contributed by atoms with Gasteiger partial charge in [-0.15, -0.1) is 10.2 Å². The molecule has 6 nitrogen and oxygen atoms in total. The molecule has 1 N–H and O–H groups in total. The molecule has 0 fully saturated rings. The van der Waals surface area contributed by atoms with Crippen LogP contribution < -0.4 is 10.1 Å². The molecule has 0 unspecified atom stereocenters. The standard InChI is InChI=1S/C20H20ClN3O3S/c1-12-4-9-17(13(2)10-12)22-19(25)14(3)28-20-24-23-18(27-20)11-26-16-7-5-15(21)6-8-16/h4-10,14H,11H2,1-3H3,(H,22,25)/t14-/m1/s1. The lowest BCUT2D eigenvalue weighted by Gasteiger charge is -2.12. The van der Waals surface area contributed by atoms with Crippen LogP contribution in [-0.4, -0.2) is 21.4 Å². The third kappa shape index (κ3) is 5.50. The first-order valence-electron chi connectivity index (χ1n) is 8.66. The van der Waals surface area contributed by atoms with Crippen LogP contribution in [0.4, 0.5) is 5.69 Å². The number of nitrogens with zero attached hydrogens (tertiary/aromatic N) is 2. The molecule has 146 valence electrons. The van der Waals surface area contributed by atoms with Crippen molar-refractivity contribution in [3.05, 3.63) is 64.5 Å². The molecule has 1 amide bonds. The average Bonchev–Trinajstić information content (AvgIpc) is 3.11. The summed E-state index contributed by atoms with van der Waals surface area (Å²) in [7, 11) is 0. The van der Waals surface area contributed by atoms with E-state index < -0.39 is 5.25 Å². The molecule has 0 saturated carbocycles. The van der Waals surface area contributed by atoms with Crippen molar-refractivity contribution in [2.24, 2.45) is 0 Å². The third-order valence-corrected chi connectivity index (χ3v) is 5.10. The average molecular weight is 418 g/mol. The number of aryl methyl sites for hydroxylation is 2. The number of amides is 1. The van der Waals surface area contributed by atoms with E-state index in [2.05, 4.69) is 15.5 Å². The van der Waals surface area contributed by atoms with E-state index in [0.717, 1.165) is 16.8 Å². The molecule has 3 aromatic rings. The summed E-state index contributed by atoms with van der Waals surface area (Å²) in [4.78, 5) is 12.4. The number of nitrogens with one attached hydrogen (secondary N) is 1. The summed E-state index contributed by atoms with van der Waals surface area (Å²) in [6.45, 7) is 5.90. The van der Waals surface area contributed by atoms with Gasteiger partial charge in [0.15, 0.2) is 6.61 Å². The van der Waals surface area contributed by atoms with Gasteiger partial charge in [0.05, 0.1) is 5.25 Å². The summed E-state index contributed by atoms with van der Waals surface area (Å²) in [5.41, 5.74) is 2.97. The fourth-order valence-corrected chi connectivity index (χ4v) is 3.24. The van der Waals surface area contributed by atoms with Gasteiger partial charge in [-0.3, -0.25) is 4.79 Å². The minimum absolute atomic E-state index is 0.130. The minimum Gasteiger partial charge on any atom is -0.484 e. The first-order chi connectivity index (χ1) is 13.4. The lowest BCUT2D eigenvalue weighted by Crippen LogP contribution is -2.22. The summed E-state index contributed by atoms with van der Waals surface area (Å²) in [6.07, 6.45) is 0. The monoisotopic (exact) mass is 417 g/mol. The van der Waals surface area contributed by atoms with Gasteiger partial charge in [-0.05, 0) is 56.7 Å². The Hall–Kier alpha value is -2.51. The molecular weight excluding hydrogens is 398 g/mol. The van der Waals surface area contributed by atoms with Crippen LogP contribution in [-0.2, 0) is 11.4 Å². The predicted octanol–water partition coefficient (Wildman–Crippen LogP) is 5.04. The topological polar surface area (TPSA) is 77.2 Å². The van der Waals surface area contributed by atoms with Crippen LogP contribution in [0.5, 0.6) is 5.75 Å². The van der Waals surface area contributed by atoms with Crippen molar-refractivity contribution in [1.82, 2.24) is 10.2 Å². The fraction of sp³-hybridized carbons (Fsp3) is 0.250. The molecule has 3 rings (SSSR count). The highest BCUT2D eigenvalue weighted by atomic mass is 35.5. The zero-order chi connectivity index (χ0) is 20.1. The Morgan fingerprint density at radius 2 is 1.96 bits per heavy atom. The molecule has 0 aliphatic carbocycles. The van der Waals surface area contributed by atoms with Gasteiger partial charge in [-0.25, -0.2) is 0 Å². The van der Waals surface area contributed by atoms with Gasteiger partial charge in [0.25, 0.3) is 11.1 Å². The van der Waals surface area contributed by atoms with Crippen LogP contribution >= 0.6 is 23.4 Å². The summed E-state index contributed by atoms with van der Waals surface area (Å²) < 4.78 is 11.1. The first-order valence-corrected chi connectivity index (χ1v) is 9.92. The molecule has 0 aliphatic heterocycles. The molecule has 1 atom stereocenters. The molecule has 0 radical (unpaired) electrons. The largest absolute Gasteiger partial charge is 0.484 e. The molecular formula is C20H20ClN3O3S. The Kier molecular flexibility index (Phi) is 6.59. The summed E-state index contributed by atoms with van der Waals surface area (Å²) in [5.74, 6) is 0.853. The van der Waals surface area contributed by atoms with Crippen LogP contribution in [0.2, 0.25) is 5.02 Å². The maximum Gasteiger partial charge on any atom is 0.277 e. The van der Waals surface area contributed by atoms with Crippen molar-refractivity contribution in [2.45, 2.75) is 37.9 Å². The predicted molar refractivity (Wildman–Crippen MR) is 110 cm³/mol. The lowest BCUT2D eigenvalue weighted by molar-refractivity contribution is -0.115. The second kappa shape index (κ2) is 9.12. The summed E-state index contributed by atoms with van der Waals surface area (Å²) in [5, 5.41) is 11.4. The van der Waals surface area contributed by atoms with Crippen LogP contribution in [0.3, 0.4) is 0 Å². The highest BCUT2D eigenvalue weighted by molar-refractivity contribution is 8.00. The number of benzene rings is 2. The van der Waals surface area contributed by atoms with E-state index in [0.29, 0.717) is 21.9 Å². The van der Waals surface area contributed by atoms with Crippen molar-refractivity contribution < 1.29 is 13.9 Å². The van der Waals surface area contributed by atoms with Crippen LogP contribution in [0.15, 0.2) is 52.1 Å². The van der Waals surface area contributed by atoms with Crippen molar-refractivity contribution in [3.63, 3.8) is 0 Å². The molecule has 0 bridgehead atoms. The van der Waals surface area contributed by atoms with E-state index in [1.165, 1.54) is 11.8 Å². The second-order valence-corrected chi connectivity index (χ2v) is 8.00. The second-order valence-electron chi connectivity index (χ2n) is 6.27. The van der Waals surface area contributed by atoms with Gasteiger partial charge in [0, 0.05) is 10.7 Å². The lowest BCUT2D eigenvalue weighted by atomic mass is 10.1. The Labute approximate surface area is 172 Å². The van der Waals surface area contributed by atoms with E-state index in [1.807, 2.05) is 32.0 Å². The van der Waals surface area contributed by atoms with Crippen LogP contribution in [0, 0.1) is 13.8 Å². The molecule has 0 aliphatic rings. The van der Waals surface area contributed by atoms with Crippen LogP contribution in [0.25, 0.3) is 0 Å².